The van der Waals surface area contributed by atoms with Gasteiger partial charge in [-0.3, -0.25) is 14.2 Å². The first kappa shape index (κ1) is 26.2. The zero-order valence-electron chi connectivity index (χ0n) is 22.6. The highest BCUT2D eigenvalue weighted by Crippen LogP contribution is 2.37. The van der Waals surface area contributed by atoms with Gasteiger partial charge in [0.2, 0.25) is 0 Å². The first-order chi connectivity index (χ1) is 17.3. The summed E-state index contributed by atoms with van der Waals surface area (Å²) >= 11 is 6.85. The Kier molecular flexibility index (Phi) is 6.47. The van der Waals surface area contributed by atoms with Crippen LogP contribution in [0.2, 0.25) is 5.02 Å². The monoisotopic (exact) mass is 523 g/mol. The number of hydrogen-bond acceptors (Lipinski definition) is 5. The van der Waals surface area contributed by atoms with E-state index in [1.807, 2.05) is 58.9 Å². The van der Waals surface area contributed by atoms with Crippen molar-refractivity contribution in [3.05, 3.63) is 67.2 Å². The Hall–Kier alpha value is -2.39. The van der Waals surface area contributed by atoms with Crippen molar-refractivity contribution < 1.29 is 9.31 Å². The SMILES string of the molecule is Cc1cccc(C(C)C)c1-n1c(=O)c(=O)n(CC2CNC2)c2cc(Cl)c(B3OC(C)(C)C(C)(C)O3)cc21. The number of para-hydroxylation sites is 1. The van der Waals surface area contributed by atoms with Crippen LogP contribution in [-0.4, -0.2) is 40.5 Å². The summed E-state index contributed by atoms with van der Waals surface area (Å²) in [4.78, 5) is 27.4. The zero-order chi connectivity index (χ0) is 26.9. The minimum Gasteiger partial charge on any atom is -0.399 e. The number of hydrogen-bond donors (Lipinski definition) is 1. The Morgan fingerprint density at radius 1 is 1.05 bits per heavy atom. The molecule has 0 radical (unpaired) electrons. The molecule has 2 aromatic carbocycles. The molecule has 0 saturated carbocycles. The third-order valence-corrected chi connectivity index (χ3v) is 8.51. The molecule has 1 aromatic heterocycles. The maximum absolute atomic E-state index is 13.9. The van der Waals surface area contributed by atoms with Crippen molar-refractivity contribution in [3.63, 3.8) is 0 Å². The molecular formula is C28H35BClN3O4. The van der Waals surface area contributed by atoms with Gasteiger partial charge in [-0.05, 0) is 63.8 Å². The fourth-order valence-electron chi connectivity index (χ4n) is 5.14. The summed E-state index contributed by atoms with van der Waals surface area (Å²) in [5.41, 5.74) is 2.31. The quantitative estimate of drug-likeness (QED) is 0.407. The number of benzene rings is 2. The van der Waals surface area contributed by atoms with Crippen molar-refractivity contribution >= 4 is 35.2 Å². The molecule has 2 aliphatic heterocycles. The molecule has 5 rings (SSSR count). The Morgan fingerprint density at radius 3 is 2.27 bits per heavy atom. The summed E-state index contributed by atoms with van der Waals surface area (Å²) in [6.07, 6.45) is 0. The van der Waals surface area contributed by atoms with Crippen LogP contribution < -0.4 is 21.9 Å². The average Bonchev–Trinajstić information content (AvgIpc) is 3.00. The predicted molar refractivity (Wildman–Crippen MR) is 150 cm³/mol. The largest absolute Gasteiger partial charge is 0.496 e. The van der Waals surface area contributed by atoms with Gasteiger partial charge < -0.3 is 19.2 Å². The molecule has 0 bridgehead atoms. The van der Waals surface area contributed by atoms with Gasteiger partial charge in [0.05, 0.1) is 27.9 Å². The lowest BCUT2D eigenvalue weighted by Gasteiger charge is -2.32. The van der Waals surface area contributed by atoms with Crippen LogP contribution in [-0.2, 0) is 15.9 Å². The van der Waals surface area contributed by atoms with Crippen molar-refractivity contribution in [2.24, 2.45) is 5.92 Å². The van der Waals surface area contributed by atoms with Gasteiger partial charge in [-0.15, -0.1) is 0 Å². The molecule has 0 unspecified atom stereocenters. The van der Waals surface area contributed by atoms with Gasteiger partial charge in [0, 0.05) is 36.0 Å². The molecule has 2 saturated heterocycles. The van der Waals surface area contributed by atoms with E-state index >= 15 is 0 Å². The molecule has 9 heteroatoms. The van der Waals surface area contributed by atoms with Crippen LogP contribution in [0.15, 0.2) is 39.9 Å². The van der Waals surface area contributed by atoms with Crippen LogP contribution >= 0.6 is 11.6 Å². The number of aryl methyl sites for hydroxylation is 1. The lowest BCUT2D eigenvalue weighted by molar-refractivity contribution is 0.00578. The summed E-state index contributed by atoms with van der Waals surface area (Å²) in [5.74, 6) is 0.428. The van der Waals surface area contributed by atoms with Crippen molar-refractivity contribution in [2.45, 2.75) is 72.1 Å². The molecule has 0 aliphatic carbocycles. The Labute approximate surface area is 222 Å². The van der Waals surface area contributed by atoms with Crippen LogP contribution in [0.5, 0.6) is 0 Å². The summed E-state index contributed by atoms with van der Waals surface area (Å²) < 4.78 is 15.8. The summed E-state index contributed by atoms with van der Waals surface area (Å²) in [5, 5.41) is 3.68. The van der Waals surface area contributed by atoms with Gasteiger partial charge in [-0.1, -0.05) is 43.6 Å². The van der Waals surface area contributed by atoms with Gasteiger partial charge in [0.15, 0.2) is 0 Å². The predicted octanol–water partition coefficient (Wildman–Crippen LogP) is 3.76. The fourth-order valence-corrected chi connectivity index (χ4v) is 5.38. The van der Waals surface area contributed by atoms with E-state index in [1.165, 1.54) is 0 Å². The van der Waals surface area contributed by atoms with Gasteiger partial charge in [-0.25, -0.2) is 0 Å². The van der Waals surface area contributed by atoms with Crippen molar-refractivity contribution in [3.8, 4) is 5.69 Å². The standard InChI is InChI=1S/C28H35BClN3O4/c1-16(2)19-10-8-9-17(3)24(19)33-23-11-20(29-36-27(4,5)28(6,7)37-29)21(30)12-22(23)32(25(34)26(33)35)15-18-13-31-14-18/h8-12,16,18,31H,13-15H2,1-7H3. The van der Waals surface area contributed by atoms with Gasteiger partial charge in [0.25, 0.3) is 0 Å². The van der Waals surface area contributed by atoms with Crippen LogP contribution in [0, 0.1) is 12.8 Å². The van der Waals surface area contributed by atoms with Gasteiger partial charge in [-0.2, -0.15) is 0 Å². The number of fused-ring (bicyclic) bond motifs is 1. The van der Waals surface area contributed by atoms with E-state index in [4.69, 9.17) is 20.9 Å². The number of nitrogens with zero attached hydrogens (tertiary/aromatic N) is 2. The lowest BCUT2D eigenvalue weighted by atomic mass is 9.78. The second kappa shape index (κ2) is 9.12. The molecule has 0 spiro atoms. The summed E-state index contributed by atoms with van der Waals surface area (Å²) in [6.45, 7) is 16.2. The van der Waals surface area contributed by atoms with E-state index in [2.05, 4.69) is 19.2 Å². The van der Waals surface area contributed by atoms with Gasteiger partial charge >= 0.3 is 18.2 Å². The van der Waals surface area contributed by atoms with Crippen LogP contribution in [0.3, 0.4) is 0 Å². The highest BCUT2D eigenvalue weighted by atomic mass is 35.5. The number of nitrogens with one attached hydrogen (secondary N) is 1. The van der Waals surface area contributed by atoms with Crippen LogP contribution in [0.1, 0.15) is 58.6 Å². The van der Waals surface area contributed by atoms with E-state index in [-0.39, 0.29) is 11.8 Å². The van der Waals surface area contributed by atoms with Crippen LogP contribution in [0.25, 0.3) is 16.7 Å². The molecule has 3 aromatic rings. The molecule has 1 N–H and O–H groups in total. The molecule has 0 atom stereocenters. The molecule has 2 fully saturated rings. The van der Waals surface area contributed by atoms with Crippen molar-refractivity contribution in [2.75, 3.05) is 13.1 Å². The zero-order valence-corrected chi connectivity index (χ0v) is 23.4. The van der Waals surface area contributed by atoms with E-state index in [0.29, 0.717) is 28.1 Å². The molecule has 7 nitrogen and oxygen atoms in total. The smallest absolute Gasteiger partial charge is 0.399 e. The van der Waals surface area contributed by atoms with Gasteiger partial charge in [0.1, 0.15) is 0 Å². The topological polar surface area (TPSA) is 74.5 Å². The first-order valence-electron chi connectivity index (χ1n) is 13.0. The number of halogens is 1. The minimum atomic E-state index is -0.705. The third kappa shape index (κ3) is 4.28. The first-order valence-corrected chi connectivity index (χ1v) is 13.4. The Morgan fingerprint density at radius 2 is 1.70 bits per heavy atom. The molecule has 196 valence electrons. The highest BCUT2D eigenvalue weighted by molar-refractivity contribution is 6.66. The maximum Gasteiger partial charge on any atom is 0.496 e. The van der Waals surface area contributed by atoms with E-state index in [9.17, 15) is 9.59 Å². The van der Waals surface area contributed by atoms with Crippen LogP contribution in [0.4, 0.5) is 0 Å². The fraction of sp³-hybridized carbons (Fsp3) is 0.500. The Bertz CT molecular complexity index is 1490. The molecule has 2 aliphatic rings. The van der Waals surface area contributed by atoms with E-state index in [0.717, 1.165) is 29.9 Å². The lowest BCUT2D eigenvalue weighted by Crippen LogP contribution is -2.48. The molecule has 37 heavy (non-hydrogen) atoms. The molecular weight excluding hydrogens is 489 g/mol. The summed E-state index contributed by atoms with van der Waals surface area (Å²) in [6, 6.07) is 9.62. The molecule has 3 heterocycles. The number of rotatable bonds is 5. The van der Waals surface area contributed by atoms with E-state index < -0.39 is 29.4 Å². The highest BCUT2D eigenvalue weighted by Gasteiger charge is 2.52. The minimum absolute atomic E-state index is 0.148. The maximum atomic E-state index is 13.9. The van der Waals surface area contributed by atoms with Crippen molar-refractivity contribution in [1.29, 1.82) is 0 Å². The summed E-state index contributed by atoms with van der Waals surface area (Å²) in [7, 11) is -0.705. The average molecular weight is 524 g/mol. The van der Waals surface area contributed by atoms with E-state index in [1.54, 1.807) is 15.2 Å². The second-order valence-electron chi connectivity index (χ2n) is 11.7. The number of aromatic nitrogens is 2. The molecule has 0 amide bonds. The van der Waals surface area contributed by atoms with Crippen molar-refractivity contribution in [1.82, 2.24) is 14.5 Å². The normalized spacial score (nSPS) is 19.1. The third-order valence-electron chi connectivity index (χ3n) is 8.19. The Balaban J connectivity index is 1.84. The second-order valence-corrected chi connectivity index (χ2v) is 12.1.